The first-order chi connectivity index (χ1) is 11.6. The molecule has 1 atom stereocenters. The predicted octanol–water partition coefficient (Wildman–Crippen LogP) is 2.33. The summed E-state index contributed by atoms with van der Waals surface area (Å²) >= 11 is 1.47. The van der Waals surface area contributed by atoms with E-state index in [-0.39, 0.29) is 11.9 Å². The second-order valence-electron chi connectivity index (χ2n) is 6.00. The summed E-state index contributed by atoms with van der Waals surface area (Å²) in [6.45, 7) is 7.58. The third-order valence-corrected chi connectivity index (χ3v) is 5.34. The smallest absolute Gasteiger partial charge is 0.266 e. The Bertz CT molecular complexity index is 731. The number of aromatic nitrogens is 3. The molecule has 1 saturated heterocycles. The highest BCUT2D eigenvalue weighted by Gasteiger charge is 2.30. The summed E-state index contributed by atoms with van der Waals surface area (Å²) < 4.78 is 5.61. The molecule has 0 aliphatic carbocycles. The van der Waals surface area contributed by atoms with Crippen LogP contribution in [0.25, 0.3) is 0 Å². The van der Waals surface area contributed by atoms with E-state index < -0.39 is 0 Å². The van der Waals surface area contributed by atoms with E-state index in [1.807, 2.05) is 25.7 Å². The Balaban J connectivity index is 1.72. The van der Waals surface area contributed by atoms with Gasteiger partial charge in [0.1, 0.15) is 4.88 Å². The first-order valence-electron chi connectivity index (χ1n) is 8.15. The minimum Gasteiger partial charge on any atom is -0.377 e. The molecule has 0 radical (unpaired) electrons. The quantitative estimate of drug-likeness (QED) is 0.850. The Kier molecular flexibility index (Phi) is 5.20. The zero-order chi connectivity index (χ0) is 17.1. The second-order valence-corrected chi connectivity index (χ2v) is 7.21. The summed E-state index contributed by atoms with van der Waals surface area (Å²) in [5.41, 5.74) is 2.75. The van der Waals surface area contributed by atoms with Gasteiger partial charge in [0.25, 0.3) is 5.91 Å². The molecule has 24 heavy (non-hydrogen) atoms. The maximum Gasteiger partial charge on any atom is 0.266 e. The summed E-state index contributed by atoms with van der Waals surface area (Å²) in [6.07, 6.45) is 5.03. The fraction of sp³-hybridized carbons (Fsp3) is 0.529. The Morgan fingerprint density at radius 1 is 1.29 bits per heavy atom. The Morgan fingerprint density at radius 3 is 2.79 bits per heavy atom. The fourth-order valence-electron chi connectivity index (χ4n) is 3.01. The third kappa shape index (κ3) is 3.62. The van der Waals surface area contributed by atoms with Crippen molar-refractivity contribution in [2.45, 2.75) is 39.7 Å². The van der Waals surface area contributed by atoms with E-state index in [0.717, 1.165) is 39.8 Å². The van der Waals surface area contributed by atoms with Crippen LogP contribution in [0, 0.1) is 20.8 Å². The number of hydrogen-bond acceptors (Lipinski definition) is 6. The van der Waals surface area contributed by atoms with Gasteiger partial charge >= 0.3 is 0 Å². The van der Waals surface area contributed by atoms with Gasteiger partial charge in [-0.3, -0.25) is 14.8 Å². The SMILES string of the molecule is Cc1nc(C)c(C(=O)N2CCOCC2CCc2nccnc2C)s1. The first-order valence-corrected chi connectivity index (χ1v) is 8.97. The number of amides is 1. The lowest BCUT2D eigenvalue weighted by atomic mass is 10.1. The van der Waals surface area contributed by atoms with Crippen molar-refractivity contribution in [2.75, 3.05) is 19.8 Å². The van der Waals surface area contributed by atoms with Gasteiger partial charge in [0, 0.05) is 18.9 Å². The number of hydrogen-bond donors (Lipinski definition) is 0. The predicted molar refractivity (Wildman–Crippen MR) is 92.3 cm³/mol. The summed E-state index contributed by atoms with van der Waals surface area (Å²) in [7, 11) is 0. The molecule has 1 aliphatic heterocycles. The van der Waals surface area contributed by atoms with E-state index in [9.17, 15) is 4.79 Å². The lowest BCUT2D eigenvalue weighted by Gasteiger charge is -2.35. The minimum atomic E-state index is 0.0643. The number of rotatable bonds is 4. The van der Waals surface area contributed by atoms with Crippen molar-refractivity contribution < 1.29 is 9.53 Å². The van der Waals surface area contributed by atoms with Gasteiger partial charge in [-0.15, -0.1) is 11.3 Å². The van der Waals surface area contributed by atoms with Crippen LogP contribution in [-0.2, 0) is 11.2 Å². The number of aryl methyl sites for hydroxylation is 4. The molecule has 3 rings (SSSR count). The van der Waals surface area contributed by atoms with Crippen molar-refractivity contribution in [2.24, 2.45) is 0 Å². The zero-order valence-electron chi connectivity index (χ0n) is 14.3. The molecule has 1 unspecified atom stereocenters. The number of nitrogens with zero attached hydrogens (tertiary/aromatic N) is 4. The average molecular weight is 346 g/mol. The molecular weight excluding hydrogens is 324 g/mol. The fourth-order valence-corrected chi connectivity index (χ4v) is 3.88. The van der Waals surface area contributed by atoms with Gasteiger partial charge in [-0.1, -0.05) is 0 Å². The lowest BCUT2D eigenvalue weighted by Crippen LogP contribution is -2.48. The first kappa shape index (κ1) is 17.0. The zero-order valence-corrected chi connectivity index (χ0v) is 15.1. The van der Waals surface area contributed by atoms with Crippen molar-refractivity contribution in [1.82, 2.24) is 19.9 Å². The van der Waals surface area contributed by atoms with E-state index in [0.29, 0.717) is 19.8 Å². The van der Waals surface area contributed by atoms with E-state index in [4.69, 9.17) is 4.74 Å². The van der Waals surface area contributed by atoms with Crippen LogP contribution in [0.4, 0.5) is 0 Å². The molecule has 1 fully saturated rings. The van der Waals surface area contributed by atoms with Crippen molar-refractivity contribution in [3.63, 3.8) is 0 Å². The highest BCUT2D eigenvalue weighted by Crippen LogP contribution is 2.23. The van der Waals surface area contributed by atoms with E-state index in [1.54, 1.807) is 12.4 Å². The number of morpholine rings is 1. The van der Waals surface area contributed by atoms with E-state index in [2.05, 4.69) is 15.0 Å². The van der Waals surface area contributed by atoms with Gasteiger partial charge in [0.15, 0.2) is 0 Å². The molecule has 0 saturated carbocycles. The Hall–Kier alpha value is -1.86. The van der Waals surface area contributed by atoms with Crippen molar-refractivity contribution >= 4 is 17.2 Å². The standard InChI is InChI=1S/C17H22N4O2S/c1-11-15(19-7-6-18-11)5-4-14-10-23-9-8-21(14)17(22)16-12(2)20-13(3)24-16/h6-7,14H,4-5,8-10H2,1-3H3. The van der Waals surface area contributed by atoms with Crippen LogP contribution >= 0.6 is 11.3 Å². The summed E-state index contributed by atoms with van der Waals surface area (Å²) in [4.78, 5) is 28.7. The molecule has 0 spiro atoms. The van der Waals surface area contributed by atoms with Gasteiger partial charge in [-0.25, -0.2) is 4.98 Å². The highest BCUT2D eigenvalue weighted by atomic mass is 32.1. The van der Waals surface area contributed by atoms with Gasteiger partial charge in [0.2, 0.25) is 0 Å². The van der Waals surface area contributed by atoms with Crippen LogP contribution in [-0.4, -0.2) is 51.6 Å². The van der Waals surface area contributed by atoms with Gasteiger partial charge in [0.05, 0.1) is 41.3 Å². The molecular formula is C17H22N4O2S. The van der Waals surface area contributed by atoms with Crippen LogP contribution in [0.3, 0.4) is 0 Å². The maximum absolute atomic E-state index is 12.9. The molecule has 3 heterocycles. The van der Waals surface area contributed by atoms with E-state index in [1.165, 1.54) is 11.3 Å². The highest BCUT2D eigenvalue weighted by molar-refractivity contribution is 7.13. The number of ether oxygens (including phenoxy) is 1. The molecule has 2 aromatic heterocycles. The number of thiazole rings is 1. The maximum atomic E-state index is 12.9. The third-order valence-electron chi connectivity index (χ3n) is 4.28. The summed E-state index contributed by atoms with van der Waals surface area (Å²) in [5, 5.41) is 0.927. The van der Waals surface area contributed by atoms with Crippen molar-refractivity contribution in [3.8, 4) is 0 Å². The monoisotopic (exact) mass is 346 g/mol. The van der Waals surface area contributed by atoms with Crippen molar-refractivity contribution in [3.05, 3.63) is 39.4 Å². The molecule has 1 aliphatic rings. The lowest BCUT2D eigenvalue weighted by molar-refractivity contribution is -0.00393. The normalized spacial score (nSPS) is 18.0. The van der Waals surface area contributed by atoms with Crippen LogP contribution in [0.5, 0.6) is 0 Å². The number of carbonyl (C=O) groups excluding carboxylic acids is 1. The van der Waals surface area contributed by atoms with Gasteiger partial charge < -0.3 is 9.64 Å². The Morgan fingerprint density at radius 2 is 2.08 bits per heavy atom. The molecule has 0 aromatic carbocycles. The van der Waals surface area contributed by atoms with E-state index >= 15 is 0 Å². The molecule has 2 aromatic rings. The van der Waals surface area contributed by atoms with Crippen LogP contribution in [0.1, 0.15) is 38.2 Å². The molecule has 0 bridgehead atoms. The molecule has 128 valence electrons. The molecule has 1 amide bonds. The van der Waals surface area contributed by atoms with Gasteiger partial charge in [-0.2, -0.15) is 0 Å². The topological polar surface area (TPSA) is 68.2 Å². The van der Waals surface area contributed by atoms with Crippen LogP contribution in [0.2, 0.25) is 0 Å². The number of carbonyl (C=O) groups is 1. The molecule has 0 N–H and O–H groups in total. The minimum absolute atomic E-state index is 0.0643. The Labute approximate surface area is 145 Å². The van der Waals surface area contributed by atoms with Crippen molar-refractivity contribution in [1.29, 1.82) is 0 Å². The van der Waals surface area contributed by atoms with Crippen LogP contribution < -0.4 is 0 Å². The summed E-state index contributed by atoms with van der Waals surface area (Å²) in [5.74, 6) is 0.0715. The average Bonchev–Trinajstić information content (AvgIpc) is 2.92. The molecule has 6 nitrogen and oxygen atoms in total. The second kappa shape index (κ2) is 7.36. The van der Waals surface area contributed by atoms with Crippen LogP contribution in [0.15, 0.2) is 12.4 Å². The molecule has 7 heteroatoms. The summed E-state index contributed by atoms with van der Waals surface area (Å²) in [6, 6.07) is 0.0643. The van der Waals surface area contributed by atoms with Gasteiger partial charge in [-0.05, 0) is 33.6 Å². The largest absolute Gasteiger partial charge is 0.377 e.